The summed E-state index contributed by atoms with van der Waals surface area (Å²) in [6.07, 6.45) is -4.47. The minimum absolute atomic E-state index is 0.0425. The van der Waals surface area contributed by atoms with Crippen LogP contribution < -0.4 is 0 Å². The number of nitriles is 1. The van der Waals surface area contributed by atoms with Crippen molar-refractivity contribution in [2.45, 2.75) is 13.2 Å². The van der Waals surface area contributed by atoms with Crippen LogP contribution in [0.15, 0.2) is 22.7 Å². The van der Waals surface area contributed by atoms with Crippen molar-refractivity contribution in [1.29, 1.82) is 5.26 Å². The number of hydrogen-bond donors (Lipinski definition) is 0. The van der Waals surface area contributed by atoms with E-state index in [1.54, 1.807) is 0 Å². The second-order valence-corrected chi connectivity index (χ2v) is 4.34. The Morgan fingerprint density at radius 2 is 2.00 bits per heavy atom. The number of nitrogens with zero attached hydrogens (tertiary/aromatic N) is 2. The van der Waals surface area contributed by atoms with E-state index in [4.69, 9.17) is 5.26 Å². The number of halogens is 4. The molecule has 0 N–H and O–H groups in total. The lowest BCUT2D eigenvalue weighted by Crippen LogP contribution is -2.17. The van der Waals surface area contributed by atoms with E-state index in [1.807, 2.05) is 6.07 Å². The minimum atomic E-state index is -4.47. The van der Waals surface area contributed by atoms with Gasteiger partial charge in [0.2, 0.25) is 0 Å². The first kappa shape index (κ1) is 12.0. The molecule has 0 amide bonds. The van der Waals surface area contributed by atoms with E-state index < -0.39 is 6.30 Å². The smallest absolute Gasteiger partial charge is 0.255 e. The first-order valence-electron chi connectivity index (χ1n) is 4.64. The molecule has 0 unspecified atom stereocenters. The van der Waals surface area contributed by atoms with E-state index in [0.717, 1.165) is 0 Å². The molecule has 0 saturated carbocycles. The second kappa shape index (κ2) is 3.77. The van der Waals surface area contributed by atoms with Gasteiger partial charge in [-0.25, -0.2) is 0 Å². The molecular formula is C11H6BrF3N2. The van der Waals surface area contributed by atoms with Gasteiger partial charge in [0, 0.05) is 15.6 Å². The fourth-order valence-electron chi connectivity index (χ4n) is 1.78. The van der Waals surface area contributed by atoms with Crippen molar-refractivity contribution in [3.63, 3.8) is 0 Å². The lowest BCUT2D eigenvalue weighted by molar-refractivity contribution is -0.201. The molecule has 0 aliphatic carbocycles. The third-order valence-corrected chi connectivity index (χ3v) is 3.51. The van der Waals surface area contributed by atoms with Gasteiger partial charge >= 0.3 is 6.30 Å². The zero-order chi connectivity index (χ0) is 12.8. The molecular weight excluding hydrogens is 297 g/mol. The summed E-state index contributed by atoms with van der Waals surface area (Å²) in [5.74, 6) is 0. The molecule has 2 aromatic rings. The number of rotatable bonds is 0. The van der Waals surface area contributed by atoms with E-state index in [9.17, 15) is 13.2 Å². The zero-order valence-electron chi connectivity index (χ0n) is 8.64. The van der Waals surface area contributed by atoms with Gasteiger partial charge in [0.15, 0.2) is 0 Å². The number of hydrogen-bond acceptors (Lipinski definition) is 1. The van der Waals surface area contributed by atoms with Crippen molar-refractivity contribution in [3.05, 3.63) is 33.9 Å². The lowest BCUT2D eigenvalue weighted by Gasteiger charge is -2.11. The number of fused-ring (bicyclic) bond motifs is 1. The summed E-state index contributed by atoms with van der Waals surface area (Å²) in [7, 11) is 0. The molecule has 0 radical (unpaired) electrons. The maximum atomic E-state index is 12.9. The average Bonchev–Trinajstić information content (AvgIpc) is 2.51. The van der Waals surface area contributed by atoms with Crippen molar-refractivity contribution in [3.8, 4) is 6.07 Å². The predicted octanol–water partition coefficient (Wildman–Crippen LogP) is 4.06. The SMILES string of the molecule is Cc1c(Br)c2cc(C#N)ccc2n1C(F)(F)F. The van der Waals surface area contributed by atoms with Crippen LogP contribution in [0.1, 0.15) is 11.3 Å². The van der Waals surface area contributed by atoms with Gasteiger partial charge in [-0.15, -0.1) is 13.2 Å². The van der Waals surface area contributed by atoms with Gasteiger partial charge in [0.1, 0.15) is 0 Å². The summed E-state index contributed by atoms with van der Waals surface area (Å²) in [5, 5.41) is 9.12. The molecule has 2 rings (SSSR count). The molecule has 6 heteroatoms. The molecule has 0 atom stereocenters. The third-order valence-electron chi connectivity index (χ3n) is 2.51. The third kappa shape index (κ3) is 1.80. The molecule has 0 aliphatic rings. The van der Waals surface area contributed by atoms with Gasteiger partial charge in [-0.05, 0) is 41.1 Å². The summed E-state index contributed by atoms with van der Waals surface area (Å²) in [6.45, 7) is 1.38. The Labute approximate surface area is 103 Å². The van der Waals surface area contributed by atoms with Crippen LogP contribution in [0.2, 0.25) is 0 Å². The highest BCUT2D eigenvalue weighted by molar-refractivity contribution is 9.10. The summed E-state index contributed by atoms with van der Waals surface area (Å²) in [6, 6.07) is 6.02. The molecule has 1 aromatic heterocycles. The molecule has 0 spiro atoms. The van der Waals surface area contributed by atoms with Crippen LogP contribution in [0, 0.1) is 18.3 Å². The molecule has 0 bridgehead atoms. The normalized spacial score (nSPS) is 11.8. The van der Waals surface area contributed by atoms with E-state index in [-0.39, 0.29) is 11.2 Å². The minimum Gasteiger partial charge on any atom is -0.255 e. The molecule has 1 aromatic carbocycles. The van der Waals surface area contributed by atoms with Gasteiger partial charge in [-0.1, -0.05) is 0 Å². The number of aromatic nitrogens is 1. The monoisotopic (exact) mass is 302 g/mol. The highest BCUT2D eigenvalue weighted by Crippen LogP contribution is 2.37. The van der Waals surface area contributed by atoms with E-state index in [1.165, 1.54) is 25.1 Å². The van der Waals surface area contributed by atoms with Crippen LogP contribution in [0.4, 0.5) is 13.2 Å². The fourth-order valence-corrected chi connectivity index (χ4v) is 2.27. The van der Waals surface area contributed by atoms with Crippen molar-refractivity contribution in [2.24, 2.45) is 0 Å². The quantitative estimate of drug-likeness (QED) is 0.721. The van der Waals surface area contributed by atoms with Crippen LogP contribution in [0.5, 0.6) is 0 Å². The van der Waals surface area contributed by atoms with Crippen LogP contribution in [-0.4, -0.2) is 4.57 Å². The van der Waals surface area contributed by atoms with Gasteiger partial charge in [0.25, 0.3) is 0 Å². The molecule has 2 nitrogen and oxygen atoms in total. The van der Waals surface area contributed by atoms with Crippen LogP contribution >= 0.6 is 15.9 Å². The van der Waals surface area contributed by atoms with Crippen molar-refractivity contribution < 1.29 is 13.2 Å². The Morgan fingerprint density at radius 3 is 2.53 bits per heavy atom. The highest BCUT2D eigenvalue weighted by atomic mass is 79.9. The Balaban J connectivity index is 2.89. The highest BCUT2D eigenvalue weighted by Gasteiger charge is 2.34. The largest absolute Gasteiger partial charge is 0.489 e. The summed E-state index contributed by atoms with van der Waals surface area (Å²) >= 11 is 3.13. The first-order chi connectivity index (χ1) is 7.86. The maximum Gasteiger partial charge on any atom is 0.489 e. The zero-order valence-corrected chi connectivity index (χ0v) is 10.2. The van der Waals surface area contributed by atoms with Gasteiger partial charge in [-0.3, -0.25) is 4.57 Å². The van der Waals surface area contributed by atoms with Gasteiger partial charge in [-0.2, -0.15) is 5.26 Å². The van der Waals surface area contributed by atoms with Crippen molar-refractivity contribution in [2.75, 3.05) is 0 Å². The Kier molecular flexibility index (Phi) is 2.66. The summed E-state index contributed by atoms with van der Waals surface area (Å²) < 4.78 is 39.2. The maximum absolute atomic E-state index is 12.9. The van der Waals surface area contributed by atoms with Crippen LogP contribution in [0.25, 0.3) is 10.9 Å². The Morgan fingerprint density at radius 1 is 1.35 bits per heavy atom. The molecule has 0 saturated heterocycles. The van der Waals surface area contributed by atoms with Gasteiger partial charge < -0.3 is 0 Å². The van der Waals surface area contributed by atoms with Crippen molar-refractivity contribution >= 4 is 26.8 Å². The van der Waals surface area contributed by atoms with Crippen LogP contribution in [0.3, 0.4) is 0 Å². The van der Waals surface area contributed by atoms with E-state index in [2.05, 4.69) is 15.9 Å². The second-order valence-electron chi connectivity index (χ2n) is 3.55. The first-order valence-corrected chi connectivity index (χ1v) is 5.43. The molecule has 1 heterocycles. The topological polar surface area (TPSA) is 28.7 Å². The average molecular weight is 303 g/mol. The van der Waals surface area contributed by atoms with E-state index in [0.29, 0.717) is 20.0 Å². The molecule has 0 aliphatic heterocycles. The lowest BCUT2D eigenvalue weighted by atomic mass is 10.2. The fraction of sp³-hybridized carbons (Fsp3) is 0.182. The number of benzene rings is 1. The standard InChI is InChI=1S/C11H6BrF3N2/c1-6-10(12)8-4-7(5-16)2-3-9(8)17(6)11(13,14)15/h2-4H,1H3. The Bertz CT molecular complexity index is 635. The number of alkyl halides is 3. The van der Waals surface area contributed by atoms with Crippen molar-refractivity contribution in [1.82, 2.24) is 4.57 Å². The van der Waals surface area contributed by atoms with E-state index >= 15 is 0 Å². The molecule has 17 heavy (non-hydrogen) atoms. The Hall–Kier alpha value is -1.48. The molecule has 0 fully saturated rings. The summed E-state index contributed by atoms with van der Waals surface area (Å²) in [5.41, 5.74) is 0.445. The predicted molar refractivity (Wildman–Crippen MR) is 60.4 cm³/mol. The van der Waals surface area contributed by atoms with Crippen LogP contribution in [-0.2, 0) is 6.30 Å². The molecule has 88 valence electrons. The van der Waals surface area contributed by atoms with Gasteiger partial charge in [0.05, 0.1) is 17.1 Å². The summed E-state index contributed by atoms with van der Waals surface area (Å²) in [4.78, 5) is 0.